The van der Waals surface area contributed by atoms with Gasteiger partial charge in [-0.2, -0.15) is 0 Å². The van der Waals surface area contributed by atoms with Crippen LogP contribution in [0.5, 0.6) is 0 Å². The van der Waals surface area contributed by atoms with Crippen molar-refractivity contribution in [3.05, 3.63) is 64.1 Å². The Kier molecular flexibility index (Phi) is 4.45. The Morgan fingerprint density at radius 3 is 2.76 bits per heavy atom. The smallest absolute Gasteiger partial charge is 0.340 e. The van der Waals surface area contributed by atoms with Gasteiger partial charge in [0, 0.05) is 6.08 Å². The van der Waals surface area contributed by atoms with E-state index in [-0.39, 0.29) is 11.6 Å². The second kappa shape index (κ2) is 6.47. The monoisotopic (exact) mass is 287 g/mol. The number of rotatable bonds is 5. The lowest BCUT2D eigenvalue weighted by molar-refractivity contribution is -0.389. The van der Waals surface area contributed by atoms with Gasteiger partial charge in [-0.1, -0.05) is 30.3 Å². The fourth-order valence-corrected chi connectivity index (χ4v) is 1.62. The minimum Gasteiger partial charge on any atom is -0.449 e. The van der Waals surface area contributed by atoms with Crippen LogP contribution >= 0.6 is 0 Å². The van der Waals surface area contributed by atoms with Crippen molar-refractivity contribution in [2.45, 2.75) is 13.0 Å². The van der Waals surface area contributed by atoms with Crippen LogP contribution in [0.15, 0.2) is 42.6 Å². The summed E-state index contributed by atoms with van der Waals surface area (Å²) >= 11 is 0. The number of nitro groups is 1. The first kappa shape index (κ1) is 14.4. The molecule has 1 atom stereocenters. The second-order valence-electron chi connectivity index (χ2n) is 4.23. The number of nitrogens with zero attached hydrogens (tertiary/aromatic N) is 2. The summed E-state index contributed by atoms with van der Waals surface area (Å²) in [6.45, 7) is 1.58. The molecule has 1 aromatic carbocycles. The van der Waals surface area contributed by atoms with Crippen LogP contribution in [-0.4, -0.2) is 20.9 Å². The molecule has 2 aromatic rings. The van der Waals surface area contributed by atoms with Crippen molar-refractivity contribution in [3.63, 3.8) is 0 Å². The number of benzene rings is 1. The predicted molar refractivity (Wildman–Crippen MR) is 75.2 cm³/mol. The number of carbonyl (C=O) groups is 1. The minimum absolute atomic E-state index is 0.225. The molecule has 1 aromatic heterocycles. The van der Waals surface area contributed by atoms with E-state index in [2.05, 4.69) is 9.97 Å². The summed E-state index contributed by atoms with van der Waals surface area (Å²) in [5.41, 5.74) is 0.871. The maximum Gasteiger partial charge on any atom is 0.340 e. The summed E-state index contributed by atoms with van der Waals surface area (Å²) in [5.74, 6) is -0.568. The normalized spacial score (nSPS) is 12.2. The highest BCUT2D eigenvalue weighted by Crippen LogP contribution is 2.16. The Bertz CT molecular complexity index is 664. The second-order valence-corrected chi connectivity index (χ2v) is 4.23. The fraction of sp³-hybridized carbons (Fsp3) is 0.143. The van der Waals surface area contributed by atoms with Crippen molar-refractivity contribution in [1.82, 2.24) is 9.97 Å². The summed E-state index contributed by atoms with van der Waals surface area (Å²) in [5, 5.41) is 10.5. The maximum absolute atomic E-state index is 11.7. The minimum atomic E-state index is -0.702. The van der Waals surface area contributed by atoms with Crippen LogP contribution in [0.1, 0.15) is 24.4 Å². The van der Waals surface area contributed by atoms with Crippen molar-refractivity contribution < 1.29 is 14.5 Å². The van der Waals surface area contributed by atoms with Crippen molar-refractivity contribution in [2.75, 3.05) is 0 Å². The van der Waals surface area contributed by atoms with Gasteiger partial charge < -0.3 is 14.9 Å². The van der Waals surface area contributed by atoms with Crippen LogP contribution in [0.2, 0.25) is 0 Å². The Morgan fingerprint density at radius 1 is 1.43 bits per heavy atom. The van der Waals surface area contributed by atoms with Gasteiger partial charge in [-0.15, -0.1) is 0 Å². The lowest BCUT2D eigenvalue weighted by Crippen LogP contribution is -2.07. The number of nitrogens with one attached hydrogen (secondary N) is 1. The molecule has 0 aliphatic heterocycles. The molecule has 7 nitrogen and oxygen atoms in total. The fourth-order valence-electron chi connectivity index (χ4n) is 1.62. The summed E-state index contributed by atoms with van der Waals surface area (Å²) in [6, 6.07) is 9.29. The average molecular weight is 287 g/mol. The zero-order valence-electron chi connectivity index (χ0n) is 11.2. The molecule has 7 heteroatoms. The third-order valence-corrected chi connectivity index (χ3v) is 2.67. The van der Waals surface area contributed by atoms with Gasteiger partial charge in [0.05, 0.1) is 0 Å². The van der Waals surface area contributed by atoms with Crippen LogP contribution in [0.25, 0.3) is 6.08 Å². The molecule has 1 N–H and O–H groups in total. The predicted octanol–water partition coefficient (Wildman–Crippen LogP) is 2.64. The lowest BCUT2D eigenvalue weighted by Gasteiger charge is -2.06. The summed E-state index contributed by atoms with van der Waals surface area (Å²) < 4.78 is 5.11. The van der Waals surface area contributed by atoms with Gasteiger partial charge in [0.2, 0.25) is 5.82 Å². The highest BCUT2D eigenvalue weighted by molar-refractivity contribution is 5.87. The highest BCUT2D eigenvalue weighted by atomic mass is 16.6. The molecule has 0 radical (unpaired) electrons. The number of hydrogen-bond acceptors (Lipinski definition) is 5. The molecule has 0 saturated heterocycles. The van der Waals surface area contributed by atoms with Crippen LogP contribution < -0.4 is 0 Å². The SMILES string of the molecule is CC(OC(=O)C=Cc1ccccc1)c1ncc([N+](=O)[O-])[nH]1. The van der Waals surface area contributed by atoms with Crippen LogP contribution in [0.4, 0.5) is 5.82 Å². The van der Waals surface area contributed by atoms with E-state index in [1.807, 2.05) is 30.3 Å². The molecule has 0 bridgehead atoms. The Morgan fingerprint density at radius 2 is 2.14 bits per heavy atom. The van der Waals surface area contributed by atoms with Gasteiger partial charge in [-0.05, 0) is 23.5 Å². The van der Waals surface area contributed by atoms with Gasteiger partial charge in [0.25, 0.3) is 0 Å². The number of hydrogen-bond donors (Lipinski definition) is 1. The molecule has 0 fully saturated rings. The average Bonchev–Trinajstić information content (AvgIpc) is 2.96. The Hall–Kier alpha value is -2.96. The zero-order valence-corrected chi connectivity index (χ0v) is 11.2. The van der Waals surface area contributed by atoms with E-state index in [4.69, 9.17) is 4.74 Å². The molecule has 21 heavy (non-hydrogen) atoms. The van der Waals surface area contributed by atoms with Gasteiger partial charge >= 0.3 is 11.8 Å². The maximum atomic E-state index is 11.7. The summed E-state index contributed by atoms with van der Waals surface area (Å²) in [6.07, 6.45) is 3.30. The van der Waals surface area contributed by atoms with E-state index in [0.29, 0.717) is 0 Å². The van der Waals surface area contributed by atoms with Gasteiger partial charge in [-0.25, -0.2) is 14.8 Å². The molecule has 0 aliphatic carbocycles. The Balaban J connectivity index is 1.95. The van der Waals surface area contributed by atoms with Crippen molar-refractivity contribution in [1.29, 1.82) is 0 Å². The Labute approximate surface area is 120 Å². The number of H-pyrrole nitrogens is 1. The largest absolute Gasteiger partial charge is 0.449 e. The van der Waals surface area contributed by atoms with E-state index in [9.17, 15) is 14.9 Å². The van der Waals surface area contributed by atoms with Crippen LogP contribution in [-0.2, 0) is 9.53 Å². The van der Waals surface area contributed by atoms with Crippen molar-refractivity contribution in [3.8, 4) is 0 Å². The van der Waals surface area contributed by atoms with Crippen molar-refractivity contribution >= 4 is 17.9 Å². The first-order chi connectivity index (χ1) is 10.1. The van der Waals surface area contributed by atoms with Crippen LogP contribution in [0.3, 0.4) is 0 Å². The third-order valence-electron chi connectivity index (χ3n) is 2.67. The topological polar surface area (TPSA) is 98.1 Å². The first-order valence-electron chi connectivity index (χ1n) is 6.19. The molecular weight excluding hydrogens is 274 g/mol. The quantitative estimate of drug-likeness (QED) is 0.394. The standard InChI is InChI=1S/C14H13N3O4/c1-10(14-15-9-12(16-14)17(19)20)21-13(18)8-7-11-5-3-2-4-6-11/h2-10H,1H3,(H,15,16). The molecule has 108 valence electrons. The van der Waals surface area contributed by atoms with Gasteiger partial charge in [0.15, 0.2) is 6.10 Å². The summed E-state index contributed by atoms with van der Waals surface area (Å²) in [7, 11) is 0. The van der Waals surface area contributed by atoms with E-state index < -0.39 is 17.0 Å². The van der Waals surface area contributed by atoms with E-state index in [1.54, 1.807) is 13.0 Å². The highest BCUT2D eigenvalue weighted by Gasteiger charge is 2.19. The number of esters is 1. The zero-order chi connectivity index (χ0) is 15.2. The third kappa shape index (κ3) is 4.00. The molecule has 0 amide bonds. The molecule has 1 unspecified atom stereocenters. The van der Waals surface area contributed by atoms with Crippen LogP contribution in [0, 0.1) is 10.1 Å². The molecule has 1 heterocycles. The van der Waals surface area contributed by atoms with E-state index >= 15 is 0 Å². The molecule has 0 spiro atoms. The van der Waals surface area contributed by atoms with Gasteiger partial charge in [-0.3, -0.25) is 0 Å². The number of aromatic nitrogens is 2. The van der Waals surface area contributed by atoms with Gasteiger partial charge in [0.1, 0.15) is 6.20 Å². The number of carbonyl (C=O) groups excluding carboxylic acids is 1. The van der Waals surface area contributed by atoms with E-state index in [1.165, 1.54) is 6.08 Å². The number of ether oxygens (including phenoxy) is 1. The molecular formula is C14H13N3O4. The van der Waals surface area contributed by atoms with Crippen molar-refractivity contribution in [2.24, 2.45) is 0 Å². The van der Waals surface area contributed by atoms with E-state index in [0.717, 1.165) is 11.8 Å². The number of imidazole rings is 1. The number of aromatic amines is 1. The molecule has 0 aliphatic rings. The molecule has 0 saturated carbocycles. The molecule has 2 rings (SSSR count). The lowest BCUT2D eigenvalue weighted by atomic mass is 10.2. The first-order valence-corrected chi connectivity index (χ1v) is 6.19. The summed E-state index contributed by atoms with van der Waals surface area (Å²) in [4.78, 5) is 27.9.